The predicted octanol–water partition coefficient (Wildman–Crippen LogP) is 2.97. The molecule has 0 fully saturated rings. The van der Waals surface area contributed by atoms with Crippen LogP contribution in [0.4, 0.5) is 8.78 Å². The molecule has 0 aliphatic heterocycles. The number of alkyl halides is 2. The van der Waals surface area contributed by atoms with Crippen molar-refractivity contribution in [1.82, 2.24) is 5.32 Å². The first-order valence-corrected chi connectivity index (χ1v) is 6.05. The number of hydrogen-bond donors (Lipinski definition) is 2. The van der Waals surface area contributed by atoms with Crippen molar-refractivity contribution in [3.63, 3.8) is 0 Å². The Kier molecular flexibility index (Phi) is 9.19. The second kappa shape index (κ2) is 9.73. The summed E-state index contributed by atoms with van der Waals surface area (Å²) >= 11 is 0. The molecule has 4 nitrogen and oxygen atoms in total. The molecule has 0 atom stereocenters. The van der Waals surface area contributed by atoms with Gasteiger partial charge in [-0.25, -0.2) is 4.99 Å². The Bertz CT molecular complexity index is 428. The van der Waals surface area contributed by atoms with E-state index >= 15 is 0 Å². The molecule has 0 spiro atoms. The van der Waals surface area contributed by atoms with Gasteiger partial charge in [-0.3, -0.25) is 0 Å². The molecule has 7 heteroatoms. The molecule has 1 rings (SSSR count). The normalized spacial score (nSPS) is 11.4. The van der Waals surface area contributed by atoms with Crippen LogP contribution >= 0.6 is 24.0 Å². The summed E-state index contributed by atoms with van der Waals surface area (Å²) in [5.74, 6) is 0.863. The molecule has 0 amide bonds. The van der Waals surface area contributed by atoms with Gasteiger partial charge in [0.25, 0.3) is 0 Å². The van der Waals surface area contributed by atoms with Crippen molar-refractivity contribution < 1.29 is 13.5 Å². The molecule has 0 saturated carbocycles. The first-order valence-electron chi connectivity index (χ1n) is 6.05. The lowest BCUT2D eigenvalue weighted by Gasteiger charge is -2.10. The largest absolute Gasteiger partial charge is 0.434 e. The molecule has 3 N–H and O–H groups in total. The molecule has 1 aromatic rings. The van der Waals surface area contributed by atoms with E-state index in [4.69, 9.17) is 5.73 Å². The minimum absolute atomic E-state index is 0. The van der Waals surface area contributed by atoms with Gasteiger partial charge in [-0.05, 0) is 12.0 Å². The molecule has 0 aromatic heterocycles. The lowest BCUT2D eigenvalue weighted by molar-refractivity contribution is -0.0504. The third-order valence-electron chi connectivity index (χ3n) is 2.30. The molecular formula is C13H20F2IN3O. The first-order chi connectivity index (χ1) is 8.99. The Labute approximate surface area is 134 Å². The number of nitrogens with two attached hydrogens (primary N) is 1. The van der Waals surface area contributed by atoms with Crippen LogP contribution in [0.3, 0.4) is 0 Å². The quantitative estimate of drug-likeness (QED) is 0.440. The van der Waals surface area contributed by atoms with Gasteiger partial charge < -0.3 is 15.8 Å². The molecule has 0 saturated heterocycles. The molecule has 1 aromatic carbocycles. The van der Waals surface area contributed by atoms with Crippen LogP contribution < -0.4 is 15.8 Å². The third kappa shape index (κ3) is 7.46. The Hall–Kier alpha value is -1.12. The van der Waals surface area contributed by atoms with Gasteiger partial charge in [-0.2, -0.15) is 8.78 Å². The lowest BCUT2D eigenvalue weighted by Crippen LogP contribution is -2.34. The maximum absolute atomic E-state index is 12.2. The molecule has 0 bridgehead atoms. The summed E-state index contributed by atoms with van der Waals surface area (Å²) in [6, 6.07) is 6.53. The molecule has 0 aliphatic carbocycles. The zero-order valence-electron chi connectivity index (χ0n) is 11.5. The number of nitrogens with zero attached hydrogens (tertiary/aromatic N) is 1. The fraction of sp³-hybridized carbons (Fsp3) is 0.462. The van der Waals surface area contributed by atoms with Gasteiger partial charge >= 0.3 is 6.61 Å². The van der Waals surface area contributed by atoms with Crippen LogP contribution in [0.2, 0.25) is 0 Å². The minimum Gasteiger partial charge on any atom is -0.434 e. The highest BCUT2D eigenvalue weighted by Gasteiger charge is 2.08. The van der Waals surface area contributed by atoms with Crippen molar-refractivity contribution in [2.45, 2.75) is 27.0 Å². The smallest absolute Gasteiger partial charge is 0.387 e. The molecule has 0 heterocycles. The summed E-state index contributed by atoms with van der Waals surface area (Å²) in [6.07, 6.45) is 0. The highest BCUT2D eigenvalue weighted by atomic mass is 127. The van der Waals surface area contributed by atoms with Crippen LogP contribution in [0, 0.1) is 5.92 Å². The van der Waals surface area contributed by atoms with E-state index < -0.39 is 6.61 Å². The summed E-state index contributed by atoms with van der Waals surface area (Å²) in [4.78, 5) is 4.09. The van der Waals surface area contributed by atoms with Crippen LogP contribution in [-0.4, -0.2) is 19.1 Å². The fourth-order valence-corrected chi connectivity index (χ4v) is 1.38. The number of rotatable bonds is 6. The second-order valence-corrected chi connectivity index (χ2v) is 4.46. The standard InChI is InChI=1S/C13H19F2N3O.HI/c1-9(2)7-17-13(16)18-8-10-5-3-4-6-11(10)19-12(14)15;/h3-6,9,12H,7-8H2,1-2H3,(H3,16,17,18);1H. The van der Waals surface area contributed by atoms with Gasteiger partial charge in [0.1, 0.15) is 5.75 Å². The van der Waals surface area contributed by atoms with Crippen molar-refractivity contribution >= 4 is 29.9 Å². The van der Waals surface area contributed by atoms with Crippen LogP contribution in [0.5, 0.6) is 5.75 Å². The van der Waals surface area contributed by atoms with E-state index in [1.807, 2.05) is 13.8 Å². The Morgan fingerprint density at radius 3 is 2.60 bits per heavy atom. The summed E-state index contributed by atoms with van der Waals surface area (Å²) in [5, 5.41) is 2.95. The summed E-state index contributed by atoms with van der Waals surface area (Å²) < 4.78 is 28.8. The lowest BCUT2D eigenvalue weighted by atomic mass is 10.2. The fourth-order valence-electron chi connectivity index (χ4n) is 1.38. The Morgan fingerprint density at radius 1 is 1.35 bits per heavy atom. The van der Waals surface area contributed by atoms with Crippen molar-refractivity contribution in [3.05, 3.63) is 29.8 Å². The van der Waals surface area contributed by atoms with Crippen LogP contribution in [0.1, 0.15) is 19.4 Å². The van der Waals surface area contributed by atoms with Gasteiger partial charge in [0, 0.05) is 12.1 Å². The van der Waals surface area contributed by atoms with Crippen LogP contribution in [0.25, 0.3) is 0 Å². The number of para-hydroxylation sites is 1. The maximum Gasteiger partial charge on any atom is 0.387 e. The van der Waals surface area contributed by atoms with Crippen LogP contribution in [-0.2, 0) is 6.54 Å². The molecule has 114 valence electrons. The Morgan fingerprint density at radius 2 is 2.00 bits per heavy atom. The van der Waals surface area contributed by atoms with E-state index in [0.29, 0.717) is 24.0 Å². The highest BCUT2D eigenvalue weighted by Crippen LogP contribution is 2.20. The SMILES string of the molecule is CC(C)CNC(N)=NCc1ccccc1OC(F)F.I. The van der Waals surface area contributed by atoms with E-state index in [0.717, 1.165) is 0 Å². The predicted molar refractivity (Wildman–Crippen MR) is 86.7 cm³/mol. The molecule has 0 aliphatic rings. The maximum atomic E-state index is 12.2. The second-order valence-electron chi connectivity index (χ2n) is 4.46. The van der Waals surface area contributed by atoms with E-state index in [1.165, 1.54) is 6.07 Å². The number of ether oxygens (including phenoxy) is 1. The highest BCUT2D eigenvalue weighted by molar-refractivity contribution is 14.0. The van der Waals surface area contributed by atoms with Crippen LogP contribution in [0.15, 0.2) is 29.3 Å². The first kappa shape index (κ1) is 18.9. The molecule has 20 heavy (non-hydrogen) atoms. The van der Waals surface area contributed by atoms with Gasteiger partial charge in [-0.1, -0.05) is 32.0 Å². The van der Waals surface area contributed by atoms with Gasteiger partial charge in [-0.15, -0.1) is 24.0 Å². The van der Waals surface area contributed by atoms with Crippen molar-refractivity contribution in [2.75, 3.05) is 6.54 Å². The summed E-state index contributed by atoms with van der Waals surface area (Å²) in [6.45, 7) is 2.16. The summed E-state index contributed by atoms with van der Waals surface area (Å²) in [7, 11) is 0. The summed E-state index contributed by atoms with van der Waals surface area (Å²) in [5.41, 5.74) is 6.24. The van der Waals surface area contributed by atoms with E-state index in [-0.39, 0.29) is 36.3 Å². The van der Waals surface area contributed by atoms with Gasteiger partial charge in [0.15, 0.2) is 5.96 Å². The monoisotopic (exact) mass is 399 g/mol. The molecule has 0 unspecified atom stereocenters. The third-order valence-corrected chi connectivity index (χ3v) is 2.30. The number of guanidine groups is 1. The number of aliphatic imine (C=N–C) groups is 1. The number of hydrogen-bond acceptors (Lipinski definition) is 2. The average molecular weight is 399 g/mol. The van der Waals surface area contributed by atoms with Crippen molar-refractivity contribution in [1.29, 1.82) is 0 Å². The van der Waals surface area contributed by atoms with Gasteiger partial charge in [0.05, 0.1) is 6.54 Å². The van der Waals surface area contributed by atoms with Crippen molar-refractivity contribution in [2.24, 2.45) is 16.6 Å². The minimum atomic E-state index is -2.85. The zero-order valence-corrected chi connectivity index (χ0v) is 13.8. The topological polar surface area (TPSA) is 59.6 Å². The Balaban J connectivity index is 0.00000361. The van der Waals surface area contributed by atoms with Crippen molar-refractivity contribution in [3.8, 4) is 5.75 Å². The number of benzene rings is 1. The molecular weight excluding hydrogens is 379 g/mol. The average Bonchev–Trinajstić information content (AvgIpc) is 2.34. The molecule has 0 radical (unpaired) electrons. The van der Waals surface area contributed by atoms with E-state index in [2.05, 4.69) is 15.0 Å². The number of nitrogens with one attached hydrogen (secondary N) is 1. The zero-order chi connectivity index (χ0) is 14.3. The van der Waals surface area contributed by atoms with E-state index in [9.17, 15) is 8.78 Å². The van der Waals surface area contributed by atoms with Gasteiger partial charge in [0.2, 0.25) is 0 Å². The number of halogens is 3. The van der Waals surface area contributed by atoms with E-state index in [1.54, 1.807) is 18.2 Å².